The summed E-state index contributed by atoms with van der Waals surface area (Å²) in [5.74, 6) is 0.206. The Morgan fingerprint density at radius 2 is 1.62 bits per heavy atom. The normalized spacial score (nSPS) is 22.8. The smallest absolute Gasteiger partial charge is 0.225 e. The summed E-state index contributed by atoms with van der Waals surface area (Å²) in [6, 6.07) is 18.5. The molecule has 3 heteroatoms. The number of aryl methyl sites for hydroxylation is 1. The Hall–Kier alpha value is -2.68. The summed E-state index contributed by atoms with van der Waals surface area (Å²) in [5, 5.41) is 2.99. The SMILES string of the molecule is CCc1ccc(C2CC(=O)NC3=C2C(=O)CC(c2ccccc2)C3)cc1. The van der Waals surface area contributed by atoms with E-state index in [0.717, 1.165) is 35.2 Å². The number of Topliss-reactive ketones (excluding diaryl/α,β-unsaturated/α-hetero) is 1. The Bertz CT molecular complexity index is 865. The molecule has 0 radical (unpaired) electrons. The highest BCUT2D eigenvalue weighted by molar-refractivity contribution is 6.02. The number of allylic oxidation sites excluding steroid dienone is 2. The van der Waals surface area contributed by atoms with Crippen molar-refractivity contribution in [3.05, 3.63) is 82.6 Å². The molecule has 2 aliphatic rings. The minimum absolute atomic E-state index is 0.00910. The summed E-state index contributed by atoms with van der Waals surface area (Å²) < 4.78 is 0. The van der Waals surface area contributed by atoms with Gasteiger partial charge in [0.05, 0.1) is 0 Å². The Morgan fingerprint density at radius 3 is 2.31 bits per heavy atom. The third-order valence-corrected chi connectivity index (χ3v) is 5.60. The molecule has 1 aliphatic carbocycles. The lowest BCUT2D eigenvalue weighted by Crippen LogP contribution is -2.38. The zero-order valence-electron chi connectivity index (χ0n) is 15.0. The van der Waals surface area contributed by atoms with Gasteiger partial charge in [-0.15, -0.1) is 0 Å². The fraction of sp³-hybridized carbons (Fsp3) is 0.304. The molecule has 0 spiro atoms. The van der Waals surface area contributed by atoms with Crippen molar-refractivity contribution in [3.63, 3.8) is 0 Å². The first-order valence-corrected chi connectivity index (χ1v) is 9.35. The first-order chi connectivity index (χ1) is 12.7. The number of nitrogens with one attached hydrogen (secondary N) is 1. The van der Waals surface area contributed by atoms with Crippen LogP contribution in [0, 0.1) is 0 Å². The third kappa shape index (κ3) is 3.10. The molecule has 1 amide bonds. The molecule has 2 aromatic carbocycles. The number of hydrogen-bond donors (Lipinski definition) is 1. The van der Waals surface area contributed by atoms with Gasteiger partial charge < -0.3 is 5.32 Å². The molecule has 0 saturated heterocycles. The standard InChI is InChI=1S/C23H23NO2/c1-2-15-8-10-17(11-9-15)19-14-22(26)24-20-12-18(13-21(25)23(19)20)16-6-4-3-5-7-16/h3-11,18-19H,2,12-14H2,1H3,(H,24,26). The van der Waals surface area contributed by atoms with Crippen LogP contribution >= 0.6 is 0 Å². The minimum Gasteiger partial charge on any atom is -0.329 e. The molecule has 0 aromatic heterocycles. The summed E-state index contributed by atoms with van der Waals surface area (Å²) in [6.45, 7) is 2.12. The second kappa shape index (κ2) is 6.91. The van der Waals surface area contributed by atoms with E-state index in [-0.39, 0.29) is 23.5 Å². The Balaban J connectivity index is 1.69. The number of benzene rings is 2. The van der Waals surface area contributed by atoms with E-state index in [1.165, 1.54) is 5.56 Å². The predicted octanol–water partition coefficient (Wildman–Crippen LogP) is 4.25. The highest BCUT2D eigenvalue weighted by Gasteiger charge is 2.38. The van der Waals surface area contributed by atoms with Crippen LogP contribution in [0.15, 0.2) is 65.9 Å². The molecule has 1 N–H and O–H groups in total. The summed E-state index contributed by atoms with van der Waals surface area (Å²) in [6.07, 6.45) is 2.58. The highest BCUT2D eigenvalue weighted by atomic mass is 16.2. The van der Waals surface area contributed by atoms with Gasteiger partial charge >= 0.3 is 0 Å². The van der Waals surface area contributed by atoms with E-state index in [4.69, 9.17) is 0 Å². The van der Waals surface area contributed by atoms with Gasteiger partial charge in [0.1, 0.15) is 0 Å². The molecule has 1 heterocycles. The summed E-state index contributed by atoms with van der Waals surface area (Å²) >= 11 is 0. The van der Waals surface area contributed by atoms with Crippen molar-refractivity contribution < 1.29 is 9.59 Å². The molecular weight excluding hydrogens is 322 g/mol. The second-order valence-corrected chi connectivity index (χ2v) is 7.23. The Kier molecular flexibility index (Phi) is 4.46. The summed E-state index contributed by atoms with van der Waals surface area (Å²) in [7, 11) is 0. The van der Waals surface area contributed by atoms with Crippen LogP contribution in [-0.2, 0) is 16.0 Å². The van der Waals surface area contributed by atoms with Crippen LogP contribution < -0.4 is 5.32 Å². The molecular formula is C23H23NO2. The molecule has 26 heavy (non-hydrogen) atoms. The lowest BCUT2D eigenvalue weighted by atomic mass is 9.73. The van der Waals surface area contributed by atoms with Gasteiger partial charge in [-0.3, -0.25) is 9.59 Å². The Labute approximate surface area is 154 Å². The number of carbonyl (C=O) groups excluding carboxylic acids is 2. The van der Waals surface area contributed by atoms with Crippen LogP contribution in [0.4, 0.5) is 0 Å². The van der Waals surface area contributed by atoms with E-state index in [9.17, 15) is 9.59 Å². The fourth-order valence-corrected chi connectivity index (χ4v) is 4.19. The van der Waals surface area contributed by atoms with Gasteiger partial charge in [0.2, 0.25) is 5.91 Å². The molecule has 2 aromatic rings. The summed E-state index contributed by atoms with van der Waals surface area (Å²) in [4.78, 5) is 25.3. The van der Waals surface area contributed by atoms with E-state index in [2.05, 4.69) is 48.6 Å². The van der Waals surface area contributed by atoms with Crippen LogP contribution in [0.25, 0.3) is 0 Å². The van der Waals surface area contributed by atoms with Crippen LogP contribution in [0.5, 0.6) is 0 Å². The molecule has 0 fully saturated rings. The van der Waals surface area contributed by atoms with Crippen molar-refractivity contribution >= 4 is 11.7 Å². The molecule has 132 valence electrons. The number of amides is 1. The van der Waals surface area contributed by atoms with Crippen molar-refractivity contribution in [2.75, 3.05) is 0 Å². The first-order valence-electron chi connectivity index (χ1n) is 9.35. The lowest BCUT2D eigenvalue weighted by Gasteiger charge is -2.34. The maximum atomic E-state index is 13.0. The number of rotatable bonds is 3. The number of ketones is 1. The zero-order valence-corrected chi connectivity index (χ0v) is 15.0. The van der Waals surface area contributed by atoms with Crippen LogP contribution in [0.3, 0.4) is 0 Å². The van der Waals surface area contributed by atoms with Crippen molar-refractivity contribution in [3.8, 4) is 0 Å². The van der Waals surface area contributed by atoms with E-state index in [0.29, 0.717) is 12.8 Å². The third-order valence-electron chi connectivity index (χ3n) is 5.60. The van der Waals surface area contributed by atoms with Crippen LogP contribution in [0.1, 0.15) is 54.7 Å². The molecule has 2 atom stereocenters. The van der Waals surface area contributed by atoms with E-state index in [1.54, 1.807) is 0 Å². The molecule has 4 rings (SSSR count). The molecule has 3 nitrogen and oxygen atoms in total. The predicted molar refractivity (Wildman–Crippen MR) is 102 cm³/mol. The van der Waals surface area contributed by atoms with E-state index >= 15 is 0 Å². The Morgan fingerprint density at radius 1 is 0.885 bits per heavy atom. The monoisotopic (exact) mass is 345 g/mol. The molecule has 0 bridgehead atoms. The minimum atomic E-state index is -0.117. The molecule has 0 saturated carbocycles. The molecule has 2 unspecified atom stereocenters. The van der Waals surface area contributed by atoms with Gasteiger partial charge in [-0.1, -0.05) is 61.5 Å². The second-order valence-electron chi connectivity index (χ2n) is 7.23. The lowest BCUT2D eigenvalue weighted by molar-refractivity contribution is -0.122. The van der Waals surface area contributed by atoms with Crippen LogP contribution in [-0.4, -0.2) is 11.7 Å². The van der Waals surface area contributed by atoms with Gasteiger partial charge in [-0.2, -0.15) is 0 Å². The van der Waals surface area contributed by atoms with Crippen LogP contribution in [0.2, 0.25) is 0 Å². The quantitative estimate of drug-likeness (QED) is 0.904. The van der Waals surface area contributed by atoms with Gasteiger partial charge in [0.25, 0.3) is 0 Å². The molecule has 1 aliphatic heterocycles. The van der Waals surface area contributed by atoms with Gasteiger partial charge in [-0.05, 0) is 35.4 Å². The number of carbonyl (C=O) groups is 2. The first kappa shape index (κ1) is 16.8. The van der Waals surface area contributed by atoms with Crippen molar-refractivity contribution in [2.45, 2.75) is 44.4 Å². The van der Waals surface area contributed by atoms with Crippen molar-refractivity contribution in [1.82, 2.24) is 5.32 Å². The van der Waals surface area contributed by atoms with Gasteiger partial charge in [0, 0.05) is 30.0 Å². The fourth-order valence-electron chi connectivity index (χ4n) is 4.19. The van der Waals surface area contributed by atoms with Gasteiger partial charge in [-0.25, -0.2) is 0 Å². The highest BCUT2D eigenvalue weighted by Crippen LogP contribution is 2.42. The average molecular weight is 345 g/mol. The topological polar surface area (TPSA) is 46.2 Å². The maximum Gasteiger partial charge on any atom is 0.225 e. The van der Waals surface area contributed by atoms with E-state index in [1.807, 2.05) is 18.2 Å². The van der Waals surface area contributed by atoms with Crippen molar-refractivity contribution in [2.24, 2.45) is 0 Å². The average Bonchev–Trinajstić information content (AvgIpc) is 2.67. The summed E-state index contributed by atoms with van der Waals surface area (Å²) in [5.41, 5.74) is 5.14. The van der Waals surface area contributed by atoms with Crippen molar-refractivity contribution in [1.29, 1.82) is 0 Å². The van der Waals surface area contributed by atoms with E-state index < -0.39 is 0 Å². The van der Waals surface area contributed by atoms with Gasteiger partial charge in [0.15, 0.2) is 5.78 Å². The number of hydrogen-bond acceptors (Lipinski definition) is 2. The largest absolute Gasteiger partial charge is 0.329 e. The zero-order chi connectivity index (χ0) is 18.1. The maximum absolute atomic E-state index is 13.0.